The molecule has 30 atom stereocenters. The summed E-state index contributed by atoms with van der Waals surface area (Å²) in [5.74, 6) is -2.34. The number of rotatable bonds is 18. The van der Waals surface area contributed by atoms with Gasteiger partial charge in [-0.3, -0.25) is 14.4 Å². The first-order valence-corrected chi connectivity index (χ1v) is 23.9. The van der Waals surface area contributed by atoms with Crippen LogP contribution in [0.25, 0.3) is 0 Å². The molecule has 6 fully saturated rings. The molecule has 0 aromatic carbocycles. The number of ether oxygens (including phenoxy) is 11. The van der Waals surface area contributed by atoms with Crippen molar-refractivity contribution in [1.82, 2.24) is 16.0 Å². The number of carbonyl (C=O) groups excluding carboxylic acids is 3. The lowest BCUT2D eigenvalue weighted by molar-refractivity contribution is -0.378. The van der Waals surface area contributed by atoms with E-state index in [1.807, 2.05) is 0 Å². The van der Waals surface area contributed by atoms with Crippen LogP contribution in [0.2, 0.25) is 0 Å². The highest BCUT2D eigenvalue weighted by Gasteiger charge is 2.57. The van der Waals surface area contributed by atoms with Crippen LogP contribution in [0.5, 0.6) is 0 Å². The predicted molar refractivity (Wildman–Crippen MR) is 233 cm³/mol. The number of carbonyl (C=O) groups is 3. The first-order valence-electron chi connectivity index (χ1n) is 23.9. The monoisotopic (exact) mass is 1100 g/mol. The van der Waals surface area contributed by atoms with Gasteiger partial charge in [0.15, 0.2) is 37.7 Å². The summed E-state index contributed by atoms with van der Waals surface area (Å²) in [6.45, 7) is -0.191. The topological polar surface area (TPSA) is 513 Å². The highest BCUT2D eigenvalue weighted by Crippen LogP contribution is 2.36. The van der Waals surface area contributed by atoms with Crippen LogP contribution in [0, 0.1) is 0 Å². The van der Waals surface area contributed by atoms with Crippen molar-refractivity contribution in [2.45, 2.75) is 212 Å². The van der Waals surface area contributed by atoms with E-state index in [0.717, 1.165) is 20.8 Å². The molecule has 3 amide bonds. The summed E-state index contributed by atoms with van der Waals surface area (Å²) < 4.78 is 64.0. The van der Waals surface area contributed by atoms with E-state index in [0.29, 0.717) is 0 Å². The normalized spacial score (nSPS) is 48.6. The Bertz CT molecular complexity index is 1850. The number of amides is 3. The molecule has 6 heterocycles. The fourth-order valence-electron chi connectivity index (χ4n) is 9.54. The molecule has 0 bridgehead atoms. The average Bonchev–Trinajstić information content (AvgIpc) is 3.36. The van der Waals surface area contributed by atoms with E-state index in [4.69, 9.17) is 52.1 Å². The smallest absolute Gasteiger partial charge is 0.217 e. The molecule has 0 aromatic heterocycles. The van der Waals surface area contributed by atoms with Crippen molar-refractivity contribution < 1.29 is 148 Å². The largest absolute Gasteiger partial charge is 0.394 e. The van der Waals surface area contributed by atoms with Crippen molar-refractivity contribution in [3.8, 4) is 0 Å². The zero-order chi connectivity index (χ0) is 55.5. The zero-order valence-corrected chi connectivity index (χ0v) is 40.7. The lowest BCUT2D eigenvalue weighted by atomic mass is 9.93. The molecule has 0 radical (unpaired) electrons. The van der Waals surface area contributed by atoms with Gasteiger partial charge in [-0.2, -0.15) is 0 Å². The molecule has 6 rings (SSSR count). The number of aliphatic hydroxyl groups excluding tert-OH is 16. The van der Waals surface area contributed by atoms with Crippen LogP contribution >= 0.6 is 0 Å². The summed E-state index contributed by atoms with van der Waals surface area (Å²) in [5.41, 5.74) is 0. The van der Waals surface area contributed by atoms with E-state index in [1.54, 1.807) is 0 Å². The van der Waals surface area contributed by atoms with E-state index >= 15 is 0 Å². The van der Waals surface area contributed by atoms with Crippen molar-refractivity contribution in [3.63, 3.8) is 0 Å². The second-order valence-corrected chi connectivity index (χ2v) is 19.0. The lowest BCUT2D eigenvalue weighted by Crippen LogP contribution is -2.71. The van der Waals surface area contributed by atoms with Crippen LogP contribution in [0.3, 0.4) is 0 Å². The van der Waals surface area contributed by atoms with E-state index in [2.05, 4.69) is 16.0 Å². The van der Waals surface area contributed by atoms with Gasteiger partial charge in [0.2, 0.25) is 17.7 Å². The van der Waals surface area contributed by atoms with E-state index < -0.39 is 235 Å². The summed E-state index contributed by atoms with van der Waals surface area (Å²) in [6, 6.07) is -4.94. The summed E-state index contributed by atoms with van der Waals surface area (Å²) in [4.78, 5) is 37.1. The van der Waals surface area contributed by atoms with Crippen LogP contribution in [0.4, 0.5) is 0 Å². The van der Waals surface area contributed by atoms with Gasteiger partial charge in [0.1, 0.15) is 140 Å². The van der Waals surface area contributed by atoms with E-state index in [9.17, 15) is 96.1 Å². The number of hydrogen-bond acceptors (Lipinski definition) is 30. The van der Waals surface area contributed by atoms with Crippen molar-refractivity contribution in [1.29, 1.82) is 0 Å². The quantitative estimate of drug-likeness (QED) is 0.0606. The summed E-state index contributed by atoms with van der Waals surface area (Å²) in [6.07, 6.45) is -49.2. The predicted octanol–water partition coefficient (Wildman–Crippen LogP) is -12.6. The minimum absolute atomic E-state index is 0.741. The maximum atomic E-state index is 12.7. The van der Waals surface area contributed by atoms with Crippen LogP contribution in [0.1, 0.15) is 27.7 Å². The van der Waals surface area contributed by atoms with Gasteiger partial charge in [-0.25, -0.2) is 0 Å². The molecule has 0 saturated carbocycles. The molecule has 6 aliphatic heterocycles. The number of aliphatic hydroxyl groups is 16. The lowest BCUT2D eigenvalue weighted by Gasteiger charge is -2.51. The Balaban J connectivity index is 1.22. The third-order valence-corrected chi connectivity index (χ3v) is 13.6. The molecule has 33 nitrogen and oxygen atoms in total. The highest BCUT2D eigenvalue weighted by atomic mass is 16.8. The molecule has 19 N–H and O–H groups in total. The SMILES string of the molecule is CC(=O)N[C@@H]1[C@@H](O[C@@H]2O[C@@H](C)[C@@H](O)[C@@H](O)[C@@H]2O)[C@H](O[C@@H]2O[C@H](CO)[C@@H](O[C@@H]3O[C@H](CO[C@H]4O[C@H](CO)[C@@H](O)[C@H](O)[C@@H]4O[C@@H]4O[C@H](CO)[C@@H](O)[C@H](O)[C@H]4NC(C)=O)[C@@H](O)[C@H](O)[C@@H]3O)[C@H](O)[C@H]2NC(C)=O)[C@@H](CO)O[C@H]1O. The van der Waals surface area contributed by atoms with Gasteiger partial charge in [-0.1, -0.05) is 0 Å². The Morgan fingerprint density at radius 1 is 0.373 bits per heavy atom. The molecular weight excluding hydrogens is 1030 g/mol. The molecule has 0 spiro atoms. The third kappa shape index (κ3) is 13.7. The average molecular weight is 1100 g/mol. The van der Waals surface area contributed by atoms with Crippen LogP contribution in [-0.2, 0) is 66.5 Å². The maximum absolute atomic E-state index is 12.7. The fourth-order valence-corrected chi connectivity index (χ4v) is 9.54. The maximum Gasteiger partial charge on any atom is 0.217 e. The fraction of sp³-hybridized carbons (Fsp3) is 0.929. The second-order valence-electron chi connectivity index (χ2n) is 19.0. The Hall–Kier alpha value is -2.67. The van der Waals surface area contributed by atoms with Crippen molar-refractivity contribution in [2.75, 3.05) is 33.0 Å². The van der Waals surface area contributed by atoms with E-state index in [-0.39, 0.29) is 0 Å². The molecule has 6 saturated heterocycles. The molecule has 75 heavy (non-hydrogen) atoms. The number of nitrogens with one attached hydrogen (secondary N) is 3. The first kappa shape index (κ1) is 61.5. The van der Waals surface area contributed by atoms with Gasteiger partial charge >= 0.3 is 0 Å². The molecule has 0 unspecified atom stereocenters. The van der Waals surface area contributed by atoms with Crippen LogP contribution in [0.15, 0.2) is 0 Å². The Morgan fingerprint density at radius 3 is 1.32 bits per heavy atom. The summed E-state index contributed by atoms with van der Waals surface area (Å²) in [5, 5.41) is 179. The van der Waals surface area contributed by atoms with E-state index in [1.165, 1.54) is 6.92 Å². The van der Waals surface area contributed by atoms with Gasteiger partial charge in [0.25, 0.3) is 0 Å². The summed E-state index contributed by atoms with van der Waals surface area (Å²) in [7, 11) is 0. The van der Waals surface area contributed by atoms with Crippen molar-refractivity contribution >= 4 is 17.7 Å². The minimum Gasteiger partial charge on any atom is -0.394 e. The third-order valence-electron chi connectivity index (χ3n) is 13.6. The van der Waals surface area contributed by atoms with Gasteiger partial charge in [-0.05, 0) is 6.92 Å². The Morgan fingerprint density at radius 2 is 0.773 bits per heavy atom. The molecule has 6 aliphatic rings. The standard InChI is InChI=1S/C42H71N3O30/c1-10-22(53)28(59)31(62)40(66-10)74-35-21(45-13(4)52)37(64)67-17(8-49)34(35)73-39-20(44-12(3)51)27(58)33(16(7-48)70-39)72-41-32(63)29(60)25(56)18(71-41)9-65-42-36(30(61)24(55)15(6-47)69-42)75-38-19(43-11(2)50)26(57)23(54)14(5-46)68-38/h10,14-42,46-49,53-64H,5-9H2,1-4H3,(H,43,50)(H,44,51)(H,45,52)/t10-,14+,15+,16+,17+,18+,19+,20+,21+,22+,23+,24+,25+,26+,27+,28+,29-,30-,31-,32-,33+,34+,35+,36-,37+,38-,39-,40-,41-,42-/m0/s1. The van der Waals surface area contributed by atoms with Crippen LogP contribution < -0.4 is 16.0 Å². The summed E-state index contributed by atoms with van der Waals surface area (Å²) >= 11 is 0. The van der Waals surface area contributed by atoms with Crippen molar-refractivity contribution in [2.24, 2.45) is 0 Å². The highest BCUT2D eigenvalue weighted by molar-refractivity contribution is 5.74. The van der Waals surface area contributed by atoms with Gasteiger partial charge < -0.3 is 150 Å². The molecule has 434 valence electrons. The molecule has 0 aromatic rings. The molecule has 33 heteroatoms. The Labute approximate surface area is 426 Å². The van der Waals surface area contributed by atoms with Gasteiger partial charge in [0, 0.05) is 20.8 Å². The molecule has 0 aliphatic carbocycles. The first-order chi connectivity index (χ1) is 35.4. The number of hydrogen-bond donors (Lipinski definition) is 19. The Kier molecular flexibility index (Phi) is 21.8. The van der Waals surface area contributed by atoms with Crippen molar-refractivity contribution in [3.05, 3.63) is 0 Å². The van der Waals surface area contributed by atoms with Crippen LogP contribution in [-0.4, -0.2) is 317 Å². The second kappa shape index (κ2) is 26.5. The zero-order valence-electron chi connectivity index (χ0n) is 40.7. The minimum atomic E-state index is -2.16. The van der Waals surface area contributed by atoms with Gasteiger partial charge in [-0.15, -0.1) is 0 Å². The molecular formula is C42H71N3O30. The van der Waals surface area contributed by atoms with Gasteiger partial charge in [0.05, 0.1) is 39.1 Å².